The van der Waals surface area contributed by atoms with Crippen LogP contribution in [0.4, 0.5) is 5.69 Å². The number of carboxylic acid groups (broad SMARTS) is 1. The maximum atomic E-state index is 11.3. The highest BCUT2D eigenvalue weighted by Gasteiger charge is 2.49. The Kier molecular flexibility index (Phi) is 3.20. The van der Waals surface area contributed by atoms with E-state index in [0.29, 0.717) is 12.0 Å². The summed E-state index contributed by atoms with van der Waals surface area (Å²) in [7, 11) is 0. The standard InChI is InChI=1S/C14H15BrN2O3/c15-10-5-7(13(16)18)1-3-12(10)17-8-2-4-11(17)9(6-8)14(19)20/h1,3,5,8-9,11H,2,4,6H2,(H2,16,18)(H,19,20). The predicted octanol–water partition coefficient (Wildman–Crippen LogP) is 1.99. The van der Waals surface area contributed by atoms with Gasteiger partial charge in [-0.3, -0.25) is 9.59 Å². The minimum Gasteiger partial charge on any atom is -0.481 e. The number of fused-ring (bicyclic) bond motifs is 2. The van der Waals surface area contributed by atoms with Crippen molar-refractivity contribution in [2.24, 2.45) is 11.7 Å². The molecule has 0 aromatic heterocycles. The van der Waals surface area contributed by atoms with Gasteiger partial charge in [-0.05, 0) is 53.4 Å². The van der Waals surface area contributed by atoms with E-state index in [-0.39, 0.29) is 18.0 Å². The maximum Gasteiger partial charge on any atom is 0.308 e. The highest BCUT2D eigenvalue weighted by atomic mass is 79.9. The van der Waals surface area contributed by atoms with Gasteiger partial charge in [-0.2, -0.15) is 0 Å². The second-order valence-corrected chi connectivity index (χ2v) is 6.27. The van der Waals surface area contributed by atoms with Crippen molar-refractivity contribution in [3.05, 3.63) is 28.2 Å². The second-order valence-electron chi connectivity index (χ2n) is 5.42. The van der Waals surface area contributed by atoms with Crippen molar-refractivity contribution in [3.8, 4) is 0 Å². The number of hydrogen-bond acceptors (Lipinski definition) is 3. The van der Waals surface area contributed by atoms with Gasteiger partial charge in [0.15, 0.2) is 0 Å². The van der Waals surface area contributed by atoms with E-state index in [0.717, 1.165) is 23.0 Å². The van der Waals surface area contributed by atoms with E-state index >= 15 is 0 Å². The Hall–Kier alpha value is -1.56. The van der Waals surface area contributed by atoms with Crippen LogP contribution in [0.1, 0.15) is 29.6 Å². The first-order chi connectivity index (χ1) is 9.49. The monoisotopic (exact) mass is 338 g/mol. The minimum atomic E-state index is -0.716. The number of amides is 1. The zero-order valence-electron chi connectivity index (χ0n) is 10.8. The molecule has 20 heavy (non-hydrogen) atoms. The molecule has 2 fully saturated rings. The second kappa shape index (κ2) is 4.77. The Morgan fingerprint density at radius 2 is 2.10 bits per heavy atom. The summed E-state index contributed by atoms with van der Waals surface area (Å²) in [6.07, 6.45) is 2.63. The third kappa shape index (κ3) is 1.98. The maximum absolute atomic E-state index is 11.3. The number of hydrogen-bond donors (Lipinski definition) is 2. The molecule has 3 unspecified atom stereocenters. The molecule has 3 atom stereocenters. The number of carbonyl (C=O) groups is 2. The van der Waals surface area contributed by atoms with Crippen molar-refractivity contribution in [1.82, 2.24) is 0 Å². The molecule has 2 saturated heterocycles. The van der Waals surface area contributed by atoms with Crippen molar-refractivity contribution in [2.75, 3.05) is 4.90 Å². The van der Waals surface area contributed by atoms with Gasteiger partial charge in [-0.25, -0.2) is 0 Å². The van der Waals surface area contributed by atoms with Gasteiger partial charge in [0.05, 0.1) is 11.6 Å². The van der Waals surface area contributed by atoms with E-state index in [2.05, 4.69) is 20.8 Å². The van der Waals surface area contributed by atoms with Crippen LogP contribution in [0.5, 0.6) is 0 Å². The van der Waals surface area contributed by atoms with E-state index in [4.69, 9.17) is 5.73 Å². The molecule has 1 aromatic rings. The summed E-state index contributed by atoms with van der Waals surface area (Å²) in [5.41, 5.74) is 6.66. The number of nitrogens with zero attached hydrogens (tertiary/aromatic N) is 1. The minimum absolute atomic E-state index is 0.0493. The Bertz CT molecular complexity index is 590. The third-order valence-electron chi connectivity index (χ3n) is 4.36. The fourth-order valence-corrected chi connectivity index (χ4v) is 4.08. The Morgan fingerprint density at radius 3 is 2.65 bits per heavy atom. The SMILES string of the molecule is NC(=O)c1ccc(N2C3CCC2C(C(=O)O)C3)c(Br)c1. The highest BCUT2D eigenvalue weighted by Crippen LogP contribution is 2.46. The van der Waals surface area contributed by atoms with Crippen molar-refractivity contribution < 1.29 is 14.7 Å². The highest BCUT2D eigenvalue weighted by molar-refractivity contribution is 9.10. The zero-order chi connectivity index (χ0) is 14.4. The molecule has 1 aromatic carbocycles. The zero-order valence-corrected chi connectivity index (χ0v) is 12.3. The van der Waals surface area contributed by atoms with Gasteiger partial charge in [-0.1, -0.05) is 0 Å². The number of benzene rings is 1. The van der Waals surface area contributed by atoms with Gasteiger partial charge in [0.1, 0.15) is 0 Å². The van der Waals surface area contributed by atoms with Crippen LogP contribution in [0.25, 0.3) is 0 Å². The van der Waals surface area contributed by atoms with Crippen LogP contribution in [0.2, 0.25) is 0 Å². The number of aliphatic carboxylic acids is 1. The summed E-state index contributed by atoms with van der Waals surface area (Å²) in [6.45, 7) is 0. The molecule has 2 aliphatic rings. The van der Waals surface area contributed by atoms with E-state index < -0.39 is 11.9 Å². The molecule has 0 radical (unpaired) electrons. The molecule has 2 aliphatic heterocycles. The molecule has 3 N–H and O–H groups in total. The van der Waals surface area contributed by atoms with Gasteiger partial charge in [-0.15, -0.1) is 0 Å². The molecular formula is C14H15BrN2O3. The topological polar surface area (TPSA) is 83.6 Å². The molecule has 2 bridgehead atoms. The van der Waals surface area contributed by atoms with Gasteiger partial charge < -0.3 is 15.7 Å². The first-order valence-electron chi connectivity index (χ1n) is 6.59. The Labute approximate surface area is 124 Å². The number of halogens is 1. The van der Waals surface area contributed by atoms with Crippen molar-refractivity contribution in [1.29, 1.82) is 0 Å². The molecule has 3 rings (SSSR count). The first-order valence-corrected chi connectivity index (χ1v) is 7.39. The van der Waals surface area contributed by atoms with Crippen LogP contribution in [0.15, 0.2) is 22.7 Å². The van der Waals surface area contributed by atoms with Gasteiger partial charge in [0.2, 0.25) is 5.91 Å². The molecular weight excluding hydrogens is 324 g/mol. The lowest BCUT2D eigenvalue weighted by atomic mass is 9.89. The number of carbonyl (C=O) groups excluding carboxylic acids is 1. The van der Waals surface area contributed by atoms with Gasteiger partial charge >= 0.3 is 5.97 Å². The Balaban J connectivity index is 1.94. The largest absolute Gasteiger partial charge is 0.481 e. The van der Waals surface area contributed by atoms with Crippen molar-refractivity contribution >= 4 is 33.5 Å². The average Bonchev–Trinajstić information content (AvgIpc) is 2.96. The summed E-state index contributed by atoms with van der Waals surface area (Å²) in [5, 5.41) is 9.29. The third-order valence-corrected chi connectivity index (χ3v) is 5.00. The van der Waals surface area contributed by atoms with Gasteiger partial charge in [0, 0.05) is 22.1 Å². The molecule has 0 aliphatic carbocycles. The van der Waals surface area contributed by atoms with E-state index in [1.54, 1.807) is 12.1 Å². The first kappa shape index (κ1) is 13.4. The molecule has 5 nitrogen and oxygen atoms in total. The van der Waals surface area contributed by atoms with E-state index in [9.17, 15) is 14.7 Å². The predicted molar refractivity (Wildman–Crippen MR) is 77.7 cm³/mol. The molecule has 6 heteroatoms. The molecule has 0 saturated carbocycles. The fraction of sp³-hybridized carbons (Fsp3) is 0.429. The lowest BCUT2D eigenvalue weighted by Gasteiger charge is -2.26. The smallest absolute Gasteiger partial charge is 0.308 e. The van der Waals surface area contributed by atoms with Crippen LogP contribution in [-0.2, 0) is 4.79 Å². The number of anilines is 1. The average molecular weight is 339 g/mol. The lowest BCUT2D eigenvalue weighted by molar-refractivity contribution is -0.142. The molecule has 0 spiro atoms. The summed E-state index contributed by atoms with van der Waals surface area (Å²) in [5.74, 6) is -1.48. The quantitative estimate of drug-likeness (QED) is 0.882. The van der Waals surface area contributed by atoms with Crippen LogP contribution in [-0.4, -0.2) is 29.1 Å². The van der Waals surface area contributed by atoms with Gasteiger partial charge in [0.25, 0.3) is 0 Å². The molecule has 1 amide bonds. The fourth-order valence-electron chi connectivity index (χ4n) is 3.50. The van der Waals surface area contributed by atoms with E-state index in [1.165, 1.54) is 0 Å². The number of carboxylic acids is 1. The summed E-state index contributed by atoms with van der Waals surface area (Å²) in [6, 6.07) is 5.56. The van der Waals surface area contributed by atoms with Crippen molar-refractivity contribution in [3.63, 3.8) is 0 Å². The van der Waals surface area contributed by atoms with Crippen LogP contribution >= 0.6 is 15.9 Å². The summed E-state index contributed by atoms with van der Waals surface area (Å²) >= 11 is 3.47. The summed E-state index contributed by atoms with van der Waals surface area (Å²) < 4.78 is 0.789. The number of rotatable bonds is 3. The number of nitrogens with two attached hydrogens (primary N) is 1. The van der Waals surface area contributed by atoms with Crippen LogP contribution < -0.4 is 10.6 Å². The van der Waals surface area contributed by atoms with E-state index in [1.807, 2.05) is 6.07 Å². The Morgan fingerprint density at radius 1 is 1.35 bits per heavy atom. The van der Waals surface area contributed by atoms with Crippen molar-refractivity contribution in [2.45, 2.75) is 31.3 Å². The molecule has 2 heterocycles. The van der Waals surface area contributed by atoms with Crippen LogP contribution in [0, 0.1) is 5.92 Å². The lowest BCUT2D eigenvalue weighted by Crippen LogP contribution is -2.33. The number of primary amides is 1. The normalized spacial score (nSPS) is 27.9. The van der Waals surface area contributed by atoms with Crippen LogP contribution in [0.3, 0.4) is 0 Å². The summed E-state index contributed by atoms with van der Waals surface area (Å²) in [4.78, 5) is 24.7. The molecule has 106 valence electrons.